The molecular formula is C48H77Cl3NO11P. The molecule has 3 rings (SSSR count). The fraction of sp³-hybridized carbons (Fsp3) is 0.729. The van der Waals surface area contributed by atoms with E-state index in [1.807, 2.05) is 0 Å². The SMILES string of the molecule is CCCCCCCCCCCCO[C@H](CCCCCCCCCCC)CCO[C@H]1[C@H](OP(=O)(Oc2ccccc2)Oc2ccccc2)[C@@H](COC)OC(O)[C@@H]1NC(=O)OCC(Cl)(Cl)Cl. The Kier molecular flexibility index (Phi) is 29.7. The molecule has 2 N–H and O–H groups in total. The molecule has 2 aromatic rings. The number of methoxy groups -OCH3 is 1. The zero-order chi connectivity index (χ0) is 46.3. The molecule has 0 spiro atoms. The predicted molar refractivity (Wildman–Crippen MR) is 256 cm³/mol. The van der Waals surface area contributed by atoms with Crippen LogP contribution in [0, 0.1) is 0 Å². The maximum atomic E-state index is 14.8. The van der Waals surface area contributed by atoms with Gasteiger partial charge in [-0.1, -0.05) is 201 Å². The standard InChI is InChI=1S/C48H77Cl3NO11P/c1-4-6-8-10-12-14-16-18-20-28-35-57-39(29-23-19-17-15-13-11-9-7-5-2)34-36-58-45-43(52-47(54)59-38-48(49,50)51)46(53)60-42(37-56-3)44(45)63-64(55,61-40-30-24-21-25-31-40)62-41-32-26-22-27-33-41/h21-22,24-27,30-33,39,42-46,53H,4-20,23,28-29,34-38H2,1-3H3,(H,52,54)/t39-,42-,43-,44-,45-,46?/m1/s1. The number of ether oxygens (including phenoxy) is 5. The Morgan fingerprint density at radius 2 is 1.22 bits per heavy atom. The molecule has 1 unspecified atom stereocenters. The Hall–Kier alpha value is -1.83. The molecule has 1 fully saturated rings. The second kappa shape index (κ2) is 33.6. The molecule has 6 atom stereocenters. The molecule has 0 saturated carbocycles. The number of carbonyl (C=O) groups is 1. The summed E-state index contributed by atoms with van der Waals surface area (Å²) in [5.74, 6) is 0.422. The summed E-state index contributed by atoms with van der Waals surface area (Å²) < 4.78 is 60.9. The highest BCUT2D eigenvalue weighted by Gasteiger charge is 2.52. The van der Waals surface area contributed by atoms with Crippen molar-refractivity contribution in [3.8, 4) is 11.5 Å². The normalized spacial score (nSPS) is 19.6. The first-order chi connectivity index (χ1) is 31.0. The fourth-order valence-electron chi connectivity index (χ4n) is 7.62. The average Bonchev–Trinajstić information content (AvgIpc) is 3.26. The van der Waals surface area contributed by atoms with Crippen LogP contribution in [0.5, 0.6) is 11.5 Å². The molecule has 16 heteroatoms. The summed E-state index contributed by atoms with van der Waals surface area (Å²) in [6.45, 7) is 4.56. The lowest BCUT2D eigenvalue weighted by molar-refractivity contribution is -0.259. The van der Waals surface area contributed by atoms with E-state index in [2.05, 4.69) is 19.2 Å². The van der Waals surface area contributed by atoms with Gasteiger partial charge in [0.15, 0.2) is 6.29 Å². The number of benzene rings is 2. The van der Waals surface area contributed by atoms with Gasteiger partial charge in [0.05, 0.1) is 12.7 Å². The third-order valence-electron chi connectivity index (χ3n) is 11.1. The summed E-state index contributed by atoms with van der Waals surface area (Å²) in [5, 5.41) is 14.0. The zero-order valence-electron chi connectivity index (χ0n) is 38.5. The van der Waals surface area contributed by atoms with Gasteiger partial charge >= 0.3 is 13.9 Å². The van der Waals surface area contributed by atoms with E-state index in [1.165, 1.54) is 103 Å². The number of hydrogen-bond donors (Lipinski definition) is 2. The summed E-state index contributed by atoms with van der Waals surface area (Å²) in [5.41, 5.74) is 0. The Labute approximate surface area is 398 Å². The van der Waals surface area contributed by atoms with Crippen molar-refractivity contribution in [3.63, 3.8) is 0 Å². The lowest BCUT2D eigenvalue weighted by atomic mass is 9.96. The topological polar surface area (TPSA) is 140 Å². The quantitative estimate of drug-likeness (QED) is 0.0383. The second-order valence-electron chi connectivity index (χ2n) is 16.6. The van der Waals surface area contributed by atoms with Crippen LogP contribution >= 0.6 is 42.6 Å². The van der Waals surface area contributed by atoms with Crippen molar-refractivity contribution in [3.05, 3.63) is 60.7 Å². The van der Waals surface area contributed by atoms with E-state index in [9.17, 15) is 14.5 Å². The summed E-state index contributed by atoms with van der Waals surface area (Å²) in [4.78, 5) is 13.1. The van der Waals surface area contributed by atoms with Gasteiger partial charge in [-0.05, 0) is 43.5 Å². The van der Waals surface area contributed by atoms with Gasteiger partial charge in [0, 0.05) is 20.3 Å². The van der Waals surface area contributed by atoms with Gasteiger partial charge in [-0.2, -0.15) is 0 Å². The molecule has 0 aromatic heterocycles. The van der Waals surface area contributed by atoms with Crippen LogP contribution in [0.25, 0.3) is 0 Å². The number of unbranched alkanes of at least 4 members (excludes halogenated alkanes) is 17. The van der Waals surface area contributed by atoms with Gasteiger partial charge in [-0.3, -0.25) is 4.52 Å². The lowest BCUT2D eigenvalue weighted by Crippen LogP contribution is -2.65. The number of amides is 1. The van der Waals surface area contributed by atoms with Crippen molar-refractivity contribution in [1.82, 2.24) is 5.32 Å². The zero-order valence-corrected chi connectivity index (χ0v) is 41.7. The number of nitrogens with one attached hydrogen (secondary N) is 1. The van der Waals surface area contributed by atoms with E-state index in [1.54, 1.807) is 60.7 Å². The number of phosphoric ester groups is 1. The molecule has 1 aliphatic heterocycles. The summed E-state index contributed by atoms with van der Waals surface area (Å²) in [6.07, 6.45) is 18.3. The first kappa shape index (κ1) is 56.5. The van der Waals surface area contributed by atoms with Gasteiger partial charge < -0.3 is 43.2 Å². The summed E-state index contributed by atoms with van der Waals surface area (Å²) in [7, 11) is -3.13. The molecule has 1 aliphatic rings. The van der Waals surface area contributed by atoms with Crippen LogP contribution in [0.15, 0.2) is 60.7 Å². The van der Waals surface area contributed by atoms with Crippen LogP contribution < -0.4 is 14.4 Å². The Balaban J connectivity index is 1.80. The monoisotopic (exact) mass is 979 g/mol. The van der Waals surface area contributed by atoms with Gasteiger partial charge in [0.1, 0.15) is 42.5 Å². The number of para-hydroxylation sites is 2. The number of aliphatic hydroxyl groups is 1. The van der Waals surface area contributed by atoms with Gasteiger partial charge in [0.25, 0.3) is 0 Å². The highest BCUT2D eigenvalue weighted by Crippen LogP contribution is 2.52. The third kappa shape index (κ3) is 24.8. The Morgan fingerprint density at radius 1 is 0.719 bits per heavy atom. The Bertz CT molecular complexity index is 1470. The molecule has 12 nitrogen and oxygen atoms in total. The van der Waals surface area contributed by atoms with Crippen molar-refractivity contribution in [1.29, 1.82) is 0 Å². The minimum Gasteiger partial charge on any atom is -0.445 e. The molecule has 1 amide bonds. The lowest BCUT2D eigenvalue weighted by Gasteiger charge is -2.44. The highest BCUT2D eigenvalue weighted by atomic mass is 35.6. The average molecular weight is 981 g/mol. The number of hydrogen-bond acceptors (Lipinski definition) is 11. The minimum atomic E-state index is -4.58. The molecular weight excluding hydrogens is 904 g/mol. The highest BCUT2D eigenvalue weighted by molar-refractivity contribution is 7.49. The maximum Gasteiger partial charge on any atom is 0.588 e. The summed E-state index contributed by atoms with van der Waals surface area (Å²) >= 11 is 17.6. The van der Waals surface area contributed by atoms with Crippen LogP contribution in [0.1, 0.15) is 149 Å². The fourth-order valence-corrected chi connectivity index (χ4v) is 9.22. The predicted octanol–water partition coefficient (Wildman–Crippen LogP) is 13.5. The first-order valence-electron chi connectivity index (χ1n) is 23.8. The molecule has 0 radical (unpaired) electrons. The molecule has 0 bridgehead atoms. The number of alkyl carbamates (subject to hydrolysis) is 1. The van der Waals surface area contributed by atoms with Crippen molar-refractivity contribution in [2.24, 2.45) is 0 Å². The van der Waals surface area contributed by atoms with E-state index in [-0.39, 0.29) is 30.8 Å². The van der Waals surface area contributed by atoms with Crippen LogP contribution in [0.2, 0.25) is 0 Å². The molecule has 1 heterocycles. The number of aliphatic hydroxyl groups excluding tert-OH is 1. The van der Waals surface area contributed by atoms with Crippen molar-refractivity contribution < 1.29 is 51.7 Å². The molecule has 2 aromatic carbocycles. The number of phosphoric acid groups is 1. The minimum absolute atomic E-state index is 0.100. The smallest absolute Gasteiger partial charge is 0.445 e. The van der Waals surface area contributed by atoms with E-state index in [0.29, 0.717) is 13.0 Å². The molecule has 1 saturated heterocycles. The number of rotatable bonds is 36. The van der Waals surface area contributed by atoms with Crippen molar-refractivity contribution >= 4 is 48.7 Å². The number of halogens is 3. The van der Waals surface area contributed by atoms with E-state index in [0.717, 1.165) is 32.1 Å². The van der Waals surface area contributed by atoms with Crippen LogP contribution in [0.3, 0.4) is 0 Å². The van der Waals surface area contributed by atoms with Crippen molar-refractivity contribution in [2.45, 2.75) is 189 Å². The first-order valence-corrected chi connectivity index (χ1v) is 26.4. The van der Waals surface area contributed by atoms with Gasteiger partial charge in [-0.15, -0.1) is 0 Å². The number of alkyl halides is 3. The molecule has 0 aliphatic carbocycles. The van der Waals surface area contributed by atoms with Crippen molar-refractivity contribution in [2.75, 3.05) is 33.5 Å². The van der Waals surface area contributed by atoms with Gasteiger partial charge in [0.2, 0.25) is 3.79 Å². The largest absolute Gasteiger partial charge is 0.588 e. The number of carbonyl (C=O) groups excluding carboxylic acids is 1. The summed E-state index contributed by atoms with van der Waals surface area (Å²) in [6, 6.07) is 15.6. The van der Waals surface area contributed by atoms with Crippen LogP contribution in [-0.2, 0) is 32.8 Å². The van der Waals surface area contributed by atoms with E-state index >= 15 is 0 Å². The molecule has 366 valence electrons. The third-order valence-corrected chi connectivity index (χ3v) is 12.7. The van der Waals surface area contributed by atoms with Gasteiger partial charge in [-0.25, -0.2) is 9.36 Å². The second-order valence-corrected chi connectivity index (χ2v) is 20.6. The van der Waals surface area contributed by atoms with Crippen LogP contribution in [-0.4, -0.2) is 85.3 Å². The van der Waals surface area contributed by atoms with E-state index in [4.69, 9.17) is 72.1 Å². The van der Waals surface area contributed by atoms with E-state index < -0.39 is 55.0 Å². The Morgan fingerprint density at radius 3 is 1.72 bits per heavy atom. The molecule has 64 heavy (non-hydrogen) atoms. The maximum absolute atomic E-state index is 14.8. The van der Waals surface area contributed by atoms with Crippen LogP contribution in [0.4, 0.5) is 4.79 Å².